The van der Waals surface area contributed by atoms with Crippen LogP contribution in [0.5, 0.6) is 0 Å². The third kappa shape index (κ3) is 12.8. The second-order valence-corrected chi connectivity index (χ2v) is 4.35. The molecule has 1 radical (unpaired) electrons. The van der Waals surface area contributed by atoms with Gasteiger partial charge >= 0.3 is 0 Å². The zero-order valence-electron chi connectivity index (χ0n) is 6.64. The monoisotopic (exact) mass is 173 g/mol. The van der Waals surface area contributed by atoms with Gasteiger partial charge in [0.1, 0.15) is 0 Å². The van der Waals surface area contributed by atoms with Gasteiger partial charge in [0.2, 0.25) is 0 Å². The molecule has 0 atom stereocenters. The summed E-state index contributed by atoms with van der Waals surface area (Å²) in [4.78, 5) is 0. The second kappa shape index (κ2) is 12.4. The van der Waals surface area contributed by atoms with E-state index < -0.39 is 0 Å². The van der Waals surface area contributed by atoms with Crippen molar-refractivity contribution in [1.29, 1.82) is 0 Å². The third-order valence-corrected chi connectivity index (χ3v) is 3.47. The molecule has 0 rings (SSSR count). The Morgan fingerprint density at radius 3 is 1.44 bits per heavy atom. The molecule has 3 heteroatoms. The molecule has 0 aliphatic carbocycles. The minimum absolute atomic E-state index is 0. The molecule has 0 aromatic rings. The zero-order valence-corrected chi connectivity index (χ0v) is 10.3. The summed E-state index contributed by atoms with van der Waals surface area (Å²) in [5.41, 5.74) is 0. The second-order valence-electron chi connectivity index (χ2n) is 1.64. The smallest absolute Gasteiger partial charge is 0.00343 e. The normalized spacial score (nSPS) is 8.67. The Bertz CT molecular complexity index is 36.0. The molecule has 0 aliphatic rings. The molecule has 0 bridgehead atoms. The SMILES string of the molecule is CCCSSCCC.[Na]. The van der Waals surface area contributed by atoms with Gasteiger partial charge in [-0.05, 0) is 12.8 Å². The minimum Gasteiger partial charge on any atom is -0.0942 e. The molecule has 0 spiro atoms. The van der Waals surface area contributed by atoms with Crippen molar-refractivity contribution in [2.24, 2.45) is 0 Å². The Morgan fingerprint density at radius 2 is 1.22 bits per heavy atom. The predicted octanol–water partition coefficient (Wildman–Crippen LogP) is 2.81. The van der Waals surface area contributed by atoms with Crippen LogP contribution in [0.15, 0.2) is 0 Å². The maximum absolute atomic E-state index is 2.22. The Morgan fingerprint density at radius 1 is 0.889 bits per heavy atom. The summed E-state index contributed by atoms with van der Waals surface area (Å²) in [6.07, 6.45) is 2.61. The van der Waals surface area contributed by atoms with E-state index in [1.807, 2.05) is 21.6 Å². The molecular formula is C6H14NaS2. The average Bonchev–Trinajstić information content (AvgIpc) is 1.81. The molecule has 0 aromatic heterocycles. The van der Waals surface area contributed by atoms with Crippen molar-refractivity contribution in [3.63, 3.8) is 0 Å². The number of hydrogen-bond acceptors (Lipinski definition) is 2. The first-order valence-electron chi connectivity index (χ1n) is 3.16. The summed E-state index contributed by atoms with van der Waals surface area (Å²) >= 11 is 0. The molecule has 0 saturated heterocycles. The number of hydrogen-bond donors (Lipinski definition) is 0. The molecule has 9 heavy (non-hydrogen) atoms. The topological polar surface area (TPSA) is 0 Å². The van der Waals surface area contributed by atoms with Crippen LogP contribution in [0.3, 0.4) is 0 Å². The predicted molar refractivity (Wildman–Crippen MR) is 51.3 cm³/mol. The van der Waals surface area contributed by atoms with Crippen LogP contribution >= 0.6 is 21.6 Å². The minimum atomic E-state index is 0. The molecule has 0 saturated carbocycles. The van der Waals surface area contributed by atoms with Crippen LogP contribution in [0.4, 0.5) is 0 Å². The molecule has 0 fully saturated rings. The van der Waals surface area contributed by atoms with E-state index in [0.717, 1.165) is 0 Å². The summed E-state index contributed by atoms with van der Waals surface area (Å²) in [6, 6.07) is 0. The van der Waals surface area contributed by atoms with E-state index >= 15 is 0 Å². The van der Waals surface area contributed by atoms with Gasteiger partial charge < -0.3 is 0 Å². The van der Waals surface area contributed by atoms with Gasteiger partial charge in [-0.25, -0.2) is 0 Å². The van der Waals surface area contributed by atoms with Crippen molar-refractivity contribution in [3.8, 4) is 0 Å². The van der Waals surface area contributed by atoms with Gasteiger partial charge in [-0.2, -0.15) is 0 Å². The summed E-state index contributed by atoms with van der Waals surface area (Å²) in [6.45, 7) is 4.44. The van der Waals surface area contributed by atoms with Crippen molar-refractivity contribution in [2.75, 3.05) is 11.5 Å². The fraction of sp³-hybridized carbons (Fsp3) is 1.00. The summed E-state index contributed by atoms with van der Waals surface area (Å²) in [5, 5.41) is 0. The van der Waals surface area contributed by atoms with E-state index in [1.54, 1.807) is 0 Å². The van der Waals surface area contributed by atoms with E-state index in [-0.39, 0.29) is 29.6 Å². The summed E-state index contributed by atoms with van der Waals surface area (Å²) < 4.78 is 0. The Hall–Kier alpha value is 1.70. The molecular weight excluding hydrogens is 159 g/mol. The Balaban J connectivity index is 0. The standard InChI is InChI=1S/C6H14S2.Na/c1-3-5-7-8-6-4-2;/h3-6H2,1-2H3;. The van der Waals surface area contributed by atoms with Crippen LogP contribution in [-0.4, -0.2) is 41.1 Å². The van der Waals surface area contributed by atoms with E-state index in [9.17, 15) is 0 Å². The van der Waals surface area contributed by atoms with Crippen molar-refractivity contribution in [3.05, 3.63) is 0 Å². The molecule has 51 valence electrons. The van der Waals surface area contributed by atoms with Gasteiger partial charge in [0, 0.05) is 41.1 Å². The van der Waals surface area contributed by atoms with Crippen molar-refractivity contribution < 1.29 is 0 Å². The fourth-order valence-electron chi connectivity index (χ4n) is 0.285. The molecule has 0 amide bonds. The van der Waals surface area contributed by atoms with Crippen LogP contribution in [0.2, 0.25) is 0 Å². The van der Waals surface area contributed by atoms with Crippen LogP contribution in [0.1, 0.15) is 26.7 Å². The van der Waals surface area contributed by atoms with E-state index in [0.29, 0.717) is 0 Å². The van der Waals surface area contributed by atoms with Gasteiger partial charge in [-0.1, -0.05) is 35.4 Å². The largest absolute Gasteiger partial charge is 0.0942 e. The average molecular weight is 173 g/mol. The van der Waals surface area contributed by atoms with Crippen LogP contribution < -0.4 is 0 Å². The Labute approximate surface area is 88.6 Å². The zero-order chi connectivity index (χ0) is 6.24. The summed E-state index contributed by atoms with van der Waals surface area (Å²) in [5.74, 6) is 2.62. The maximum Gasteiger partial charge on any atom is 0.00343 e. The first-order valence-corrected chi connectivity index (χ1v) is 5.65. The Kier molecular flexibility index (Phi) is 18.3. The molecule has 0 aliphatic heterocycles. The van der Waals surface area contributed by atoms with Crippen molar-refractivity contribution >= 4 is 51.1 Å². The van der Waals surface area contributed by atoms with Gasteiger partial charge in [-0.3, -0.25) is 0 Å². The molecule has 0 heterocycles. The van der Waals surface area contributed by atoms with Crippen molar-refractivity contribution in [1.82, 2.24) is 0 Å². The van der Waals surface area contributed by atoms with E-state index in [4.69, 9.17) is 0 Å². The molecule has 0 unspecified atom stereocenters. The fourth-order valence-corrected chi connectivity index (χ4v) is 2.56. The van der Waals surface area contributed by atoms with Crippen LogP contribution in [-0.2, 0) is 0 Å². The number of rotatable bonds is 5. The van der Waals surface area contributed by atoms with Gasteiger partial charge in [0.15, 0.2) is 0 Å². The molecule has 0 nitrogen and oxygen atoms in total. The van der Waals surface area contributed by atoms with Crippen molar-refractivity contribution in [2.45, 2.75) is 26.7 Å². The van der Waals surface area contributed by atoms with Gasteiger partial charge in [0.25, 0.3) is 0 Å². The molecule has 0 N–H and O–H groups in total. The van der Waals surface area contributed by atoms with E-state index in [1.165, 1.54) is 24.3 Å². The van der Waals surface area contributed by atoms with Gasteiger partial charge in [-0.15, -0.1) is 0 Å². The van der Waals surface area contributed by atoms with Crippen LogP contribution in [0, 0.1) is 0 Å². The first-order chi connectivity index (χ1) is 3.91. The summed E-state index contributed by atoms with van der Waals surface area (Å²) in [7, 11) is 3.99. The molecule has 0 aromatic carbocycles. The quantitative estimate of drug-likeness (QED) is 0.356. The maximum atomic E-state index is 2.22. The third-order valence-electron chi connectivity index (χ3n) is 0.658. The van der Waals surface area contributed by atoms with E-state index in [2.05, 4.69) is 13.8 Å². The van der Waals surface area contributed by atoms with Gasteiger partial charge in [0.05, 0.1) is 0 Å². The van der Waals surface area contributed by atoms with Crippen LogP contribution in [0.25, 0.3) is 0 Å². The first kappa shape index (κ1) is 13.3.